The van der Waals surface area contributed by atoms with Crippen LogP contribution in [-0.2, 0) is 6.54 Å². The average molecular weight is 234 g/mol. The van der Waals surface area contributed by atoms with E-state index in [1.165, 1.54) is 0 Å². The summed E-state index contributed by atoms with van der Waals surface area (Å²) in [6, 6.07) is 3.54. The lowest BCUT2D eigenvalue weighted by Gasteiger charge is -2.15. The Hall–Kier alpha value is -1.91. The van der Waals surface area contributed by atoms with Gasteiger partial charge in [-0.25, -0.2) is 4.79 Å². The molecule has 0 fully saturated rings. The molecule has 5 nitrogen and oxygen atoms in total. The van der Waals surface area contributed by atoms with Crippen LogP contribution in [0.25, 0.3) is 0 Å². The highest BCUT2D eigenvalue weighted by atomic mass is 16.2. The molecule has 0 aliphatic rings. The molecule has 1 aromatic rings. The number of rotatable bonds is 6. The van der Waals surface area contributed by atoms with E-state index in [4.69, 9.17) is 0 Å². The molecular formula is C12H18N4O. The van der Waals surface area contributed by atoms with Crippen LogP contribution < -0.4 is 10.6 Å². The van der Waals surface area contributed by atoms with Crippen LogP contribution in [0.3, 0.4) is 0 Å². The number of hydrogen-bond donors (Lipinski definition) is 2. The molecular weight excluding hydrogens is 216 g/mol. The van der Waals surface area contributed by atoms with Gasteiger partial charge in [0.25, 0.3) is 0 Å². The molecule has 2 amide bonds. The Bertz CT molecular complexity index is 353. The zero-order chi connectivity index (χ0) is 12.5. The molecule has 0 aliphatic heterocycles. The van der Waals surface area contributed by atoms with E-state index in [1.807, 2.05) is 13.0 Å². The molecule has 1 atom stereocenters. The van der Waals surface area contributed by atoms with Crippen LogP contribution in [0.5, 0.6) is 0 Å². The highest BCUT2D eigenvalue weighted by molar-refractivity contribution is 5.74. The van der Waals surface area contributed by atoms with Gasteiger partial charge in [0, 0.05) is 12.2 Å². The van der Waals surface area contributed by atoms with Gasteiger partial charge in [-0.1, -0.05) is 13.0 Å². The van der Waals surface area contributed by atoms with Crippen molar-refractivity contribution < 1.29 is 4.79 Å². The highest BCUT2D eigenvalue weighted by Gasteiger charge is 2.08. The molecule has 0 unspecified atom stereocenters. The summed E-state index contributed by atoms with van der Waals surface area (Å²) in [5, 5.41) is 13.2. The predicted molar refractivity (Wildman–Crippen MR) is 66.3 cm³/mol. The number of carbonyl (C=O) groups excluding carboxylic acids is 1. The second-order valence-electron chi connectivity index (χ2n) is 3.67. The van der Waals surface area contributed by atoms with E-state index in [0.717, 1.165) is 18.5 Å². The maximum absolute atomic E-state index is 11.6. The molecule has 17 heavy (non-hydrogen) atoms. The molecule has 2 N–H and O–H groups in total. The van der Waals surface area contributed by atoms with E-state index < -0.39 is 0 Å². The number of amides is 2. The monoisotopic (exact) mass is 234 g/mol. The minimum absolute atomic E-state index is 0.134. The van der Waals surface area contributed by atoms with Gasteiger partial charge < -0.3 is 10.6 Å². The summed E-state index contributed by atoms with van der Waals surface area (Å²) >= 11 is 0. The molecule has 5 heteroatoms. The molecule has 0 bridgehead atoms. The van der Waals surface area contributed by atoms with Crippen molar-refractivity contribution >= 4 is 6.03 Å². The summed E-state index contributed by atoms with van der Waals surface area (Å²) in [6.45, 7) is 6.06. The van der Waals surface area contributed by atoms with Crippen molar-refractivity contribution in [1.82, 2.24) is 20.8 Å². The molecule has 92 valence electrons. The summed E-state index contributed by atoms with van der Waals surface area (Å²) in [7, 11) is 0. The zero-order valence-electron chi connectivity index (χ0n) is 10.0. The average Bonchev–Trinajstić information content (AvgIpc) is 2.37. The molecule has 1 rings (SSSR count). The van der Waals surface area contributed by atoms with Gasteiger partial charge >= 0.3 is 6.03 Å². The van der Waals surface area contributed by atoms with E-state index in [9.17, 15) is 4.79 Å². The van der Waals surface area contributed by atoms with Crippen molar-refractivity contribution in [2.24, 2.45) is 0 Å². The van der Waals surface area contributed by atoms with Crippen LogP contribution in [0.4, 0.5) is 4.79 Å². The predicted octanol–water partition coefficient (Wildman–Crippen LogP) is 1.63. The normalized spacial score (nSPS) is 11.6. The lowest BCUT2D eigenvalue weighted by atomic mass is 10.1. The van der Waals surface area contributed by atoms with E-state index in [0.29, 0.717) is 6.54 Å². The summed E-state index contributed by atoms with van der Waals surface area (Å²) in [5.74, 6) is 0. The minimum atomic E-state index is -0.190. The number of nitrogens with zero attached hydrogens (tertiary/aromatic N) is 2. The SMILES string of the molecule is C=CC[C@H](CC)NC(=O)NCc1cccnn1. The Kier molecular flexibility index (Phi) is 5.71. The Morgan fingerprint density at radius 1 is 1.65 bits per heavy atom. The van der Waals surface area contributed by atoms with Gasteiger partial charge in [-0.2, -0.15) is 10.2 Å². The third-order valence-corrected chi connectivity index (χ3v) is 2.34. The summed E-state index contributed by atoms with van der Waals surface area (Å²) in [6.07, 6.45) is 5.05. The Morgan fingerprint density at radius 2 is 2.47 bits per heavy atom. The van der Waals surface area contributed by atoms with E-state index in [-0.39, 0.29) is 12.1 Å². The molecule has 0 radical (unpaired) electrons. The fourth-order valence-electron chi connectivity index (χ4n) is 1.36. The highest BCUT2D eigenvalue weighted by Crippen LogP contribution is 1.97. The Balaban J connectivity index is 2.32. The molecule has 0 aliphatic carbocycles. The second kappa shape index (κ2) is 7.38. The third-order valence-electron chi connectivity index (χ3n) is 2.34. The van der Waals surface area contributed by atoms with Crippen LogP contribution in [0.1, 0.15) is 25.5 Å². The van der Waals surface area contributed by atoms with Crippen LogP contribution in [0.2, 0.25) is 0 Å². The van der Waals surface area contributed by atoms with E-state index in [1.54, 1.807) is 18.3 Å². The first-order chi connectivity index (χ1) is 8.26. The molecule has 1 heterocycles. The first-order valence-electron chi connectivity index (χ1n) is 5.68. The van der Waals surface area contributed by atoms with E-state index in [2.05, 4.69) is 27.4 Å². The first kappa shape index (κ1) is 13.2. The maximum Gasteiger partial charge on any atom is 0.315 e. The standard InChI is InChI=1S/C12H18N4O/c1-3-6-10(4-2)15-12(17)13-9-11-7-5-8-14-16-11/h3,5,7-8,10H,1,4,6,9H2,2H3,(H2,13,15,17)/t10-/m0/s1. The molecule has 0 saturated carbocycles. The first-order valence-corrected chi connectivity index (χ1v) is 5.68. The number of urea groups is 1. The van der Waals surface area contributed by atoms with Gasteiger partial charge in [0.2, 0.25) is 0 Å². The van der Waals surface area contributed by atoms with E-state index >= 15 is 0 Å². The lowest BCUT2D eigenvalue weighted by Crippen LogP contribution is -2.41. The lowest BCUT2D eigenvalue weighted by molar-refractivity contribution is 0.236. The van der Waals surface area contributed by atoms with Crippen molar-refractivity contribution in [3.05, 3.63) is 36.7 Å². The number of nitrogens with one attached hydrogen (secondary N) is 2. The summed E-state index contributed by atoms with van der Waals surface area (Å²) in [5.41, 5.74) is 0.736. The zero-order valence-corrected chi connectivity index (χ0v) is 10.0. The van der Waals surface area contributed by atoms with Crippen molar-refractivity contribution in [1.29, 1.82) is 0 Å². The Labute approximate surface area is 101 Å². The van der Waals surface area contributed by atoms with Crippen molar-refractivity contribution in [3.63, 3.8) is 0 Å². The van der Waals surface area contributed by atoms with Crippen LogP contribution >= 0.6 is 0 Å². The van der Waals surface area contributed by atoms with Gasteiger partial charge in [0.15, 0.2) is 0 Å². The van der Waals surface area contributed by atoms with Gasteiger partial charge in [-0.3, -0.25) is 0 Å². The summed E-state index contributed by atoms with van der Waals surface area (Å²) in [4.78, 5) is 11.6. The van der Waals surface area contributed by atoms with Crippen molar-refractivity contribution in [3.8, 4) is 0 Å². The number of carbonyl (C=O) groups is 1. The third kappa shape index (κ3) is 5.10. The topological polar surface area (TPSA) is 66.9 Å². The van der Waals surface area contributed by atoms with Crippen LogP contribution in [0, 0.1) is 0 Å². The molecule has 0 aromatic carbocycles. The fourth-order valence-corrected chi connectivity index (χ4v) is 1.36. The van der Waals surface area contributed by atoms with Crippen LogP contribution in [-0.4, -0.2) is 22.3 Å². The van der Waals surface area contributed by atoms with Crippen molar-refractivity contribution in [2.45, 2.75) is 32.4 Å². The van der Waals surface area contributed by atoms with Gasteiger partial charge in [0.05, 0.1) is 12.2 Å². The Morgan fingerprint density at radius 3 is 3.06 bits per heavy atom. The van der Waals surface area contributed by atoms with Gasteiger partial charge in [-0.15, -0.1) is 6.58 Å². The smallest absolute Gasteiger partial charge is 0.315 e. The largest absolute Gasteiger partial charge is 0.335 e. The minimum Gasteiger partial charge on any atom is -0.335 e. The number of aromatic nitrogens is 2. The molecule has 1 aromatic heterocycles. The summed E-state index contributed by atoms with van der Waals surface area (Å²) < 4.78 is 0. The maximum atomic E-state index is 11.6. The molecule has 0 saturated heterocycles. The second-order valence-corrected chi connectivity index (χ2v) is 3.67. The van der Waals surface area contributed by atoms with Gasteiger partial charge in [0.1, 0.15) is 0 Å². The van der Waals surface area contributed by atoms with Gasteiger partial charge in [-0.05, 0) is 25.0 Å². The van der Waals surface area contributed by atoms with Crippen molar-refractivity contribution in [2.75, 3.05) is 0 Å². The molecule has 0 spiro atoms. The van der Waals surface area contributed by atoms with Crippen LogP contribution in [0.15, 0.2) is 31.0 Å². The quantitative estimate of drug-likeness (QED) is 0.735. The number of hydrogen-bond acceptors (Lipinski definition) is 3. The fraction of sp³-hybridized carbons (Fsp3) is 0.417.